The van der Waals surface area contributed by atoms with Gasteiger partial charge in [0.25, 0.3) is 0 Å². The summed E-state index contributed by atoms with van der Waals surface area (Å²) in [5, 5.41) is 3.87. The predicted octanol–water partition coefficient (Wildman–Crippen LogP) is 3.29. The third kappa shape index (κ3) is 4.67. The van der Waals surface area contributed by atoms with Crippen LogP contribution in [0.5, 0.6) is 0 Å². The van der Waals surface area contributed by atoms with Crippen LogP contribution in [0, 0.1) is 11.8 Å². The van der Waals surface area contributed by atoms with Gasteiger partial charge in [0.15, 0.2) is 0 Å². The van der Waals surface area contributed by atoms with E-state index >= 15 is 0 Å². The molecule has 2 atom stereocenters. The van der Waals surface area contributed by atoms with Crippen LogP contribution in [0.1, 0.15) is 59.8 Å². The fourth-order valence-electron chi connectivity index (χ4n) is 4.10. The van der Waals surface area contributed by atoms with Crippen LogP contribution in [-0.4, -0.2) is 49.3 Å². The third-order valence-electron chi connectivity index (χ3n) is 5.61. The first-order valence-electron chi connectivity index (χ1n) is 8.95. The molecule has 3 nitrogen and oxygen atoms in total. The Morgan fingerprint density at radius 2 is 1.86 bits per heavy atom. The summed E-state index contributed by atoms with van der Waals surface area (Å²) < 4.78 is 5.69. The minimum atomic E-state index is -0.0540. The van der Waals surface area contributed by atoms with Gasteiger partial charge < -0.3 is 10.1 Å². The van der Waals surface area contributed by atoms with Crippen molar-refractivity contribution in [2.75, 3.05) is 26.7 Å². The topological polar surface area (TPSA) is 24.5 Å². The maximum atomic E-state index is 5.69. The van der Waals surface area contributed by atoms with Gasteiger partial charge >= 0.3 is 0 Å². The van der Waals surface area contributed by atoms with Crippen molar-refractivity contribution in [3.63, 3.8) is 0 Å². The molecule has 1 heterocycles. The predicted molar refractivity (Wildman–Crippen MR) is 89.7 cm³/mol. The van der Waals surface area contributed by atoms with Crippen molar-refractivity contribution in [1.29, 1.82) is 0 Å². The average molecular weight is 296 g/mol. The van der Waals surface area contributed by atoms with Crippen LogP contribution in [0.25, 0.3) is 0 Å². The first kappa shape index (κ1) is 17.2. The van der Waals surface area contributed by atoms with E-state index in [1.807, 2.05) is 7.11 Å². The maximum absolute atomic E-state index is 5.69. The van der Waals surface area contributed by atoms with Crippen molar-refractivity contribution >= 4 is 0 Å². The lowest BCUT2D eigenvalue weighted by Crippen LogP contribution is -2.62. The zero-order valence-electron chi connectivity index (χ0n) is 14.8. The van der Waals surface area contributed by atoms with Crippen molar-refractivity contribution in [3.05, 3.63) is 0 Å². The molecule has 1 saturated heterocycles. The Morgan fingerprint density at radius 1 is 1.19 bits per heavy atom. The Bertz CT molecular complexity index is 310. The lowest BCUT2D eigenvalue weighted by Gasteiger charge is -2.47. The SMILES string of the molecule is COC(C)(C)CN1CC(C2CCCCC2)NCC1C(C)C. The molecule has 2 aliphatic rings. The van der Waals surface area contributed by atoms with Crippen LogP contribution < -0.4 is 5.32 Å². The van der Waals surface area contributed by atoms with E-state index in [4.69, 9.17) is 4.74 Å². The van der Waals surface area contributed by atoms with E-state index in [1.54, 1.807) is 0 Å². The molecule has 2 rings (SSSR count). The number of methoxy groups -OCH3 is 1. The minimum absolute atomic E-state index is 0.0540. The van der Waals surface area contributed by atoms with E-state index in [9.17, 15) is 0 Å². The molecule has 1 N–H and O–H groups in total. The second-order valence-corrected chi connectivity index (χ2v) is 8.12. The molecule has 124 valence electrons. The molecule has 21 heavy (non-hydrogen) atoms. The first-order chi connectivity index (χ1) is 9.93. The van der Waals surface area contributed by atoms with Gasteiger partial charge in [-0.3, -0.25) is 4.90 Å². The monoisotopic (exact) mass is 296 g/mol. The number of hydrogen-bond acceptors (Lipinski definition) is 3. The van der Waals surface area contributed by atoms with Crippen molar-refractivity contribution < 1.29 is 4.74 Å². The summed E-state index contributed by atoms with van der Waals surface area (Å²) in [6, 6.07) is 1.33. The fraction of sp³-hybridized carbons (Fsp3) is 1.00. The summed E-state index contributed by atoms with van der Waals surface area (Å²) in [6.07, 6.45) is 7.15. The zero-order valence-corrected chi connectivity index (χ0v) is 14.8. The molecule has 2 unspecified atom stereocenters. The van der Waals surface area contributed by atoms with Crippen molar-refractivity contribution in [3.8, 4) is 0 Å². The second-order valence-electron chi connectivity index (χ2n) is 8.12. The van der Waals surface area contributed by atoms with Gasteiger partial charge in [-0.15, -0.1) is 0 Å². The molecule has 0 aromatic rings. The Balaban J connectivity index is 2.00. The molecule has 0 aromatic carbocycles. The number of nitrogens with zero attached hydrogens (tertiary/aromatic N) is 1. The van der Waals surface area contributed by atoms with Gasteiger partial charge in [-0.2, -0.15) is 0 Å². The van der Waals surface area contributed by atoms with E-state index in [0.717, 1.165) is 19.0 Å². The molecule has 0 radical (unpaired) electrons. The molecule has 2 fully saturated rings. The minimum Gasteiger partial charge on any atom is -0.377 e. The number of rotatable bonds is 5. The summed E-state index contributed by atoms with van der Waals surface area (Å²) in [5.41, 5.74) is -0.0540. The number of piperazine rings is 1. The number of nitrogens with one attached hydrogen (secondary N) is 1. The zero-order chi connectivity index (χ0) is 15.5. The van der Waals surface area contributed by atoms with E-state index in [2.05, 4.69) is 37.9 Å². The summed E-state index contributed by atoms with van der Waals surface area (Å²) in [5.74, 6) is 1.58. The van der Waals surface area contributed by atoms with Gasteiger partial charge in [-0.25, -0.2) is 0 Å². The highest BCUT2D eigenvalue weighted by Crippen LogP contribution is 2.30. The second kappa shape index (κ2) is 7.43. The van der Waals surface area contributed by atoms with Crippen LogP contribution in [0.3, 0.4) is 0 Å². The molecular weight excluding hydrogens is 260 g/mol. The van der Waals surface area contributed by atoms with Crippen LogP contribution >= 0.6 is 0 Å². The van der Waals surface area contributed by atoms with Gasteiger partial charge in [0.2, 0.25) is 0 Å². The van der Waals surface area contributed by atoms with E-state index in [-0.39, 0.29) is 5.60 Å². The van der Waals surface area contributed by atoms with Crippen LogP contribution in [0.2, 0.25) is 0 Å². The molecule has 0 bridgehead atoms. The Kier molecular flexibility index (Phi) is 6.10. The van der Waals surface area contributed by atoms with Gasteiger partial charge in [-0.1, -0.05) is 33.1 Å². The first-order valence-corrected chi connectivity index (χ1v) is 8.95. The Hall–Kier alpha value is -0.120. The van der Waals surface area contributed by atoms with Crippen LogP contribution in [0.15, 0.2) is 0 Å². The van der Waals surface area contributed by atoms with Gasteiger partial charge in [0, 0.05) is 38.8 Å². The van der Waals surface area contributed by atoms with Gasteiger partial charge in [0.05, 0.1) is 5.60 Å². The molecule has 1 aliphatic carbocycles. The average Bonchev–Trinajstić information content (AvgIpc) is 2.47. The van der Waals surface area contributed by atoms with E-state index in [0.29, 0.717) is 18.0 Å². The van der Waals surface area contributed by atoms with Gasteiger partial charge in [0.1, 0.15) is 0 Å². The fourth-order valence-corrected chi connectivity index (χ4v) is 4.10. The smallest absolute Gasteiger partial charge is 0.0749 e. The lowest BCUT2D eigenvalue weighted by molar-refractivity contribution is -0.0377. The molecule has 0 aromatic heterocycles. The molecule has 1 aliphatic heterocycles. The molecule has 3 heteroatoms. The standard InChI is InChI=1S/C18H36N2O/c1-14(2)17-11-19-16(15-9-7-6-8-10-15)12-20(17)13-18(3,4)21-5/h14-17,19H,6-13H2,1-5H3. The Labute approximate surface area is 131 Å². The highest BCUT2D eigenvalue weighted by Gasteiger charge is 2.36. The van der Waals surface area contributed by atoms with E-state index < -0.39 is 0 Å². The van der Waals surface area contributed by atoms with E-state index in [1.165, 1.54) is 38.6 Å². The van der Waals surface area contributed by atoms with Crippen molar-refractivity contribution in [1.82, 2.24) is 10.2 Å². The third-order valence-corrected chi connectivity index (χ3v) is 5.61. The highest BCUT2D eigenvalue weighted by molar-refractivity contribution is 4.93. The molecule has 0 amide bonds. The van der Waals surface area contributed by atoms with Crippen molar-refractivity contribution in [2.45, 2.75) is 77.5 Å². The summed E-state index contributed by atoms with van der Waals surface area (Å²) >= 11 is 0. The maximum Gasteiger partial charge on any atom is 0.0749 e. The quantitative estimate of drug-likeness (QED) is 0.842. The number of ether oxygens (including phenoxy) is 1. The van der Waals surface area contributed by atoms with Gasteiger partial charge in [-0.05, 0) is 38.5 Å². The molecule has 1 saturated carbocycles. The summed E-state index contributed by atoms with van der Waals surface area (Å²) in [4.78, 5) is 2.70. The largest absolute Gasteiger partial charge is 0.377 e. The summed E-state index contributed by atoms with van der Waals surface area (Å²) in [6.45, 7) is 12.5. The van der Waals surface area contributed by atoms with Crippen LogP contribution in [-0.2, 0) is 4.74 Å². The summed E-state index contributed by atoms with van der Waals surface area (Å²) in [7, 11) is 1.84. The van der Waals surface area contributed by atoms with Crippen LogP contribution in [0.4, 0.5) is 0 Å². The highest BCUT2D eigenvalue weighted by atomic mass is 16.5. The normalized spacial score (nSPS) is 30.0. The number of hydrogen-bond donors (Lipinski definition) is 1. The lowest BCUT2D eigenvalue weighted by atomic mass is 9.82. The molecular formula is C18H36N2O. The van der Waals surface area contributed by atoms with Crippen molar-refractivity contribution in [2.24, 2.45) is 11.8 Å². The molecule has 0 spiro atoms. The Morgan fingerprint density at radius 3 is 2.43 bits per heavy atom.